The highest BCUT2D eigenvalue weighted by atomic mass is 16.3. The Morgan fingerprint density at radius 1 is 1.00 bits per heavy atom. The van der Waals surface area contributed by atoms with Gasteiger partial charge in [0.1, 0.15) is 6.04 Å². The summed E-state index contributed by atoms with van der Waals surface area (Å²) >= 11 is 0. The molecule has 0 spiro atoms. The summed E-state index contributed by atoms with van der Waals surface area (Å²) < 4.78 is 5.48. The predicted molar refractivity (Wildman–Crippen MR) is 135 cm³/mol. The number of benzene rings is 2. The number of nitrogens with one attached hydrogen (secondary N) is 1. The molecule has 1 N–H and O–H groups in total. The highest BCUT2D eigenvalue weighted by Crippen LogP contribution is 2.34. The Bertz CT molecular complexity index is 1130. The molecule has 0 unspecified atom stereocenters. The van der Waals surface area contributed by atoms with Crippen LogP contribution in [0.2, 0.25) is 0 Å². The highest BCUT2D eigenvalue weighted by molar-refractivity contribution is 6.09. The fourth-order valence-corrected chi connectivity index (χ4v) is 4.68. The van der Waals surface area contributed by atoms with Gasteiger partial charge in [-0.1, -0.05) is 42.7 Å². The van der Waals surface area contributed by atoms with E-state index in [0.717, 1.165) is 48.1 Å². The molecule has 0 aliphatic heterocycles. The van der Waals surface area contributed by atoms with E-state index in [1.54, 1.807) is 17.0 Å². The van der Waals surface area contributed by atoms with Crippen molar-refractivity contribution in [2.45, 2.75) is 51.6 Å². The van der Waals surface area contributed by atoms with Crippen LogP contribution in [0.15, 0.2) is 65.3 Å². The molecule has 1 aliphatic carbocycles. The van der Waals surface area contributed by atoms with Gasteiger partial charge in [0.15, 0.2) is 5.76 Å². The van der Waals surface area contributed by atoms with Gasteiger partial charge in [0.2, 0.25) is 5.91 Å². The lowest BCUT2D eigenvalue weighted by Crippen LogP contribution is -2.46. The Kier molecular flexibility index (Phi) is 7.06. The van der Waals surface area contributed by atoms with Gasteiger partial charge in [-0.15, -0.1) is 0 Å². The molecule has 2 amide bonds. The molecule has 4 rings (SSSR count). The molecule has 34 heavy (non-hydrogen) atoms. The lowest BCUT2D eigenvalue weighted by Gasteiger charge is -2.33. The number of carbonyl (C=O) groups excluding carboxylic acids is 2. The van der Waals surface area contributed by atoms with E-state index in [-0.39, 0.29) is 23.6 Å². The minimum absolute atomic E-state index is 0.135. The second-order valence-corrected chi connectivity index (χ2v) is 9.32. The quantitative estimate of drug-likeness (QED) is 0.513. The van der Waals surface area contributed by atoms with Crippen LogP contribution in [0.25, 0.3) is 0 Å². The van der Waals surface area contributed by atoms with E-state index in [1.807, 2.05) is 75.3 Å². The molecular formula is C28H33N3O3. The third kappa shape index (κ3) is 5.01. The Labute approximate surface area is 201 Å². The van der Waals surface area contributed by atoms with Gasteiger partial charge in [-0.25, -0.2) is 0 Å². The largest absolute Gasteiger partial charge is 0.459 e. The molecule has 1 saturated carbocycles. The molecule has 6 nitrogen and oxygen atoms in total. The van der Waals surface area contributed by atoms with Crippen molar-refractivity contribution in [1.82, 2.24) is 5.32 Å². The number of amides is 2. The molecule has 2 aromatic carbocycles. The average Bonchev–Trinajstić information content (AvgIpc) is 3.52. The van der Waals surface area contributed by atoms with Crippen molar-refractivity contribution in [2.75, 3.05) is 23.9 Å². The van der Waals surface area contributed by atoms with Crippen LogP contribution in [0.3, 0.4) is 0 Å². The Morgan fingerprint density at radius 2 is 1.71 bits per heavy atom. The van der Waals surface area contributed by atoms with Crippen LogP contribution in [0.5, 0.6) is 0 Å². The van der Waals surface area contributed by atoms with Gasteiger partial charge >= 0.3 is 0 Å². The van der Waals surface area contributed by atoms with E-state index in [2.05, 4.69) is 5.32 Å². The van der Waals surface area contributed by atoms with Crippen molar-refractivity contribution in [3.63, 3.8) is 0 Å². The van der Waals surface area contributed by atoms with Gasteiger partial charge in [0.25, 0.3) is 5.91 Å². The van der Waals surface area contributed by atoms with Gasteiger partial charge < -0.3 is 14.6 Å². The molecule has 1 atom stereocenters. The van der Waals surface area contributed by atoms with Crippen LogP contribution in [0, 0.1) is 13.8 Å². The van der Waals surface area contributed by atoms with Crippen molar-refractivity contribution < 1.29 is 14.0 Å². The number of hydrogen-bond donors (Lipinski definition) is 1. The molecule has 1 heterocycles. The Balaban J connectivity index is 1.83. The summed E-state index contributed by atoms with van der Waals surface area (Å²) in [5.41, 5.74) is 4.47. The summed E-state index contributed by atoms with van der Waals surface area (Å²) in [7, 11) is 3.95. The standard InChI is InChI=1S/C28H33N3O3/c1-19-11-16-24(20(2)18-19)31(28(33)25-10-7-17-34-25)26(27(32)29-22-8-5-6-9-22)21-12-14-23(15-13-21)30(3)4/h7,10-18,22,26H,5-6,8-9H2,1-4H3,(H,29,32)/t26-/m0/s1. The number of carbonyl (C=O) groups is 2. The van der Waals surface area contributed by atoms with E-state index in [4.69, 9.17) is 4.42 Å². The summed E-state index contributed by atoms with van der Waals surface area (Å²) in [5, 5.41) is 3.22. The third-order valence-corrected chi connectivity index (χ3v) is 6.50. The van der Waals surface area contributed by atoms with Crippen LogP contribution in [-0.2, 0) is 4.79 Å². The monoisotopic (exact) mass is 459 g/mol. The number of furan rings is 1. The second kappa shape index (κ2) is 10.2. The van der Waals surface area contributed by atoms with Crippen molar-refractivity contribution in [3.05, 3.63) is 83.3 Å². The van der Waals surface area contributed by atoms with Crippen molar-refractivity contribution in [2.24, 2.45) is 0 Å². The van der Waals surface area contributed by atoms with E-state index in [0.29, 0.717) is 5.69 Å². The van der Waals surface area contributed by atoms with Crippen LogP contribution in [0.1, 0.15) is 59.0 Å². The van der Waals surface area contributed by atoms with Gasteiger partial charge in [-0.2, -0.15) is 0 Å². The average molecular weight is 460 g/mol. The van der Waals surface area contributed by atoms with Crippen LogP contribution in [0.4, 0.5) is 11.4 Å². The molecular weight excluding hydrogens is 426 g/mol. The van der Waals surface area contributed by atoms with E-state index in [1.165, 1.54) is 6.26 Å². The minimum Gasteiger partial charge on any atom is -0.459 e. The summed E-state index contributed by atoms with van der Waals surface area (Å²) in [4.78, 5) is 31.3. The zero-order valence-corrected chi connectivity index (χ0v) is 20.4. The summed E-state index contributed by atoms with van der Waals surface area (Å²) in [6.07, 6.45) is 5.63. The highest BCUT2D eigenvalue weighted by Gasteiger charge is 2.36. The molecule has 1 fully saturated rings. The SMILES string of the molecule is Cc1ccc(N(C(=O)c2ccco2)[C@H](C(=O)NC2CCCC2)c2ccc(N(C)C)cc2)c(C)c1. The fraction of sp³-hybridized carbons (Fsp3) is 0.357. The number of nitrogens with zero attached hydrogens (tertiary/aromatic N) is 2. The first-order valence-electron chi connectivity index (χ1n) is 11.9. The Hall–Kier alpha value is -3.54. The lowest BCUT2D eigenvalue weighted by molar-refractivity contribution is -0.123. The summed E-state index contributed by atoms with van der Waals surface area (Å²) in [6.45, 7) is 3.98. The molecule has 178 valence electrons. The smallest absolute Gasteiger partial charge is 0.294 e. The van der Waals surface area contributed by atoms with Gasteiger partial charge in [0, 0.05) is 31.5 Å². The van der Waals surface area contributed by atoms with Crippen LogP contribution < -0.4 is 15.1 Å². The number of anilines is 2. The first-order valence-corrected chi connectivity index (χ1v) is 11.9. The number of hydrogen-bond acceptors (Lipinski definition) is 4. The molecule has 3 aromatic rings. The van der Waals surface area contributed by atoms with Crippen LogP contribution >= 0.6 is 0 Å². The summed E-state index contributed by atoms with van der Waals surface area (Å²) in [5.74, 6) is -0.326. The minimum atomic E-state index is -0.837. The van der Waals surface area contributed by atoms with E-state index in [9.17, 15) is 9.59 Å². The topological polar surface area (TPSA) is 65.8 Å². The van der Waals surface area contributed by atoms with Gasteiger partial charge in [-0.05, 0) is 68.1 Å². The molecule has 0 radical (unpaired) electrons. The van der Waals surface area contributed by atoms with Gasteiger partial charge in [-0.3, -0.25) is 14.5 Å². The fourth-order valence-electron chi connectivity index (χ4n) is 4.68. The maximum absolute atomic E-state index is 13.8. The summed E-state index contributed by atoms with van der Waals surface area (Å²) in [6, 6.07) is 16.3. The lowest BCUT2D eigenvalue weighted by atomic mass is 9.99. The zero-order valence-electron chi connectivity index (χ0n) is 20.4. The normalized spacial score (nSPS) is 14.6. The zero-order chi connectivity index (χ0) is 24.2. The van der Waals surface area contributed by atoms with Crippen molar-refractivity contribution >= 4 is 23.2 Å². The first kappa shape index (κ1) is 23.6. The molecule has 0 bridgehead atoms. The maximum Gasteiger partial charge on any atom is 0.294 e. The van der Waals surface area contributed by atoms with Gasteiger partial charge in [0.05, 0.1) is 6.26 Å². The number of rotatable bonds is 7. The Morgan fingerprint density at radius 3 is 2.29 bits per heavy atom. The molecule has 6 heteroatoms. The molecule has 0 saturated heterocycles. The van der Waals surface area contributed by atoms with Crippen LogP contribution in [-0.4, -0.2) is 32.0 Å². The maximum atomic E-state index is 13.8. The molecule has 1 aliphatic rings. The van der Waals surface area contributed by atoms with Crippen molar-refractivity contribution in [1.29, 1.82) is 0 Å². The third-order valence-electron chi connectivity index (χ3n) is 6.50. The number of aryl methyl sites for hydroxylation is 2. The predicted octanol–water partition coefficient (Wildman–Crippen LogP) is 5.41. The van der Waals surface area contributed by atoms with Crippen molar-refractivity contribution in [3.8, 4) is 0 Å². The second-order valence-electron chi connectivity index (χ2n) is 9.32. The molecule has 1 aromatic heterocycles. The van der Waals surface area contributed by atoms with E-state index >= 15 is 0 Å². The first-order chi connectivity index (χ1) is 16.3. The van der Waals surface area contributed by atoms with E-state index < -0.39 is 6.04 Å².